The summed E-state index contributed by atoms with van der Waals surface area (Å²) in [5, 5.41) is 2.53. The number of fused-ring (bicyclic) bond motifs is 3. The van der Waals surface area contributed by atoms with Gasteiger partial charge in [-0.25, -0.2) is 0 Å². The van der Waals surface area contributed by atoms with Gasteiger partial charge in [0.15, 0.2) is 0 Å². The van der Waals surface area contributed by atoms with Gasteiger partial charge in [-0.1, -0.05) is 187 Å². The van der Waals surface area contributed by atoms with Gasteiger partial charge in [-0.3, -0.25) is 0 Å². The topological polar surface area (TPSA) is 4.93 Å². The molecule has 10 aromatic rings. The molecule has 0 N–H and O–H groups in total. The average Bonchev–Trinajstić information content (AvgIpc) is 3.64. The van der Waals surface area contributed by atoms with Crippen LogP contribution in [0.4, 0.5) is 0 Å². The van der Waals surface area contributed by atoms with Gasteiger partial charge in [-0.15, -0.1) is 0 Å². The number of benzene rings is 9. The third-order valence-corrected chi connectivity index (χ3v) is 13.5. The van der Waals surface area contributed by atoms with Crippen LogP contribution in [0.1, 0.15) is 55.6 Å². The van der Waals surface area contributed by atoms with Gasteiger partial charge in [-0.05, 0) is 117 Å². The molecule has 0 aliphatic heterocycles. The van der Waals surface area contributed by atoms with Crippen LogP contribution in [0.15, 0.2) is 212 Å². The van der Waals surface area contributed by atoms with Crippen LogP contribution in [-0.4, -0.2) is 4.57 Å². The molecule has 13 rings (SSSR count). The van der Waals surface area contributed by atoms with Crippen molar-refractivity contribution in [2.75, 3.05) is 0 Å². The van der Waals surface area contributed by atoms with Crippen molar-refractivity contribution in [2.45, 2.75) is 24.7 Å². The predicted octanol–water partition coefficient (Wildman–Crippen LogP) is 14.1. The number of aromatic nitrogens is 1. The zero-order valence-electron chi connectivity index (χ0n) is 33.2. The minimum Gasteiger partial charge on any atom is -0.309 e. The lowest BCUT2D eigenvalue weighted by atomic mass is 9.44. The Morgan fingerprint density at radius 2 is 0.729 bits per heavy atom. The third kappa shape index (κ3) is 4.62. The highest BCUT2D eigenvalue weighted by molar-refractivity contribution is 6.09. The first-order chi connectivity index (χ1) is 29.1. The van der Waals surface area contributed by atoms with Crippen LogP contribution in [0, 0.1) is 13.8 Å². The Kier molecular flexibility index (Phi) is 7.26. The van der Waals surface area contributed by atoms with Gasteiger partial charge in [0.25, 0.3) is 0 Å². The van der Waals surface area contributed by atoms with Crippen LogP contribution in [0.3, 0.4) is 0 Å². The Bertz CT molecular complexity index is 3120. The van der Waals surface area contributed by atoms with Gasteiger partial charge < -0.3 is 4.57 Å². The number of rotatable bonds is 5. The van der Waals surface area contributed by atoms with Crippen LogP contribution >= 0.6 is 0 Å². The molecule has 59 heavy (non-hydrogen) atoms. The lowest BCUT2D eigenvalue weighted by molar-refractivity contribution is 0.557. The van der Waals surface area contributed by atoms with Crippen LogP contribution in [0.25, 0.3) is 49.7 Å². The Hall–Kier alpha value is -7.22. The van der Waals surface area contributed by atoms with Crippen molar-refractivity contribution in [3.05, 3.63) is 268 Å². The molecule has 1 nitrogen and oxygen atoms in total. The van der Waals surface area contributed by atoms with Gasteiger partial charge in [0.1, 0.15) is 0 Å². The van der Waals surface area contributed by atoms with Crippen molar-refractivity contribution in [1.82, 2.24) is 4.57 Å². The second kappa shape index (κ2) is 12.6. The Labute approximate surface area is 345 Å². The maximum atomic E-state index is 2.52. The molecule has 0 saturated carbocycles. The summed E-state index contributed by atoms with van der Waals surface area (Å²) in [7, 11) is 0. The Balaban J connectivity index is 1.23. The lowest BCUT2D eigenvalue weighted by Crippen LogP contribution is -2.52. The van der Waals surface area contributed by atoms with Gasteiger partial charge >= 0.3 is 0 Å². The van der Waals surface area contributed by atoms with Crippen LogP contribution < -0.4 is 0 Å². The van der Waals surface area contributed by atoms with Crippen LogP contribution in [0.5, 0.6) is 0 Å². The maximum absolute atomic E-state index is 2.52. The smallest absolute Gasteiger partial charge is 0.0712 e. The summed E-state index contributed by atoms with van der Waals surface area (Å²) in [5.41, 5.74) is 20.5. The molecular formula is C58H41N. The van der Waals surface area contributed by atoms with Crippen molar-refractivity contribution in [3.63, 3.8) is 0 Å². The zero-order valence-corrected chi connectivity index (χ0v) is 33.2. The first-order valence-corrected chi connectivity index (χ1v) is 20.8. The molecule has 1 aromatic heterocycles. The van der Waals surface area contributed by atoms with E-state index in [1.807, 2.05) is 0 Å². The van der Waals surface area contributed by atoms with E-state index in [1.165, 1.54) is 99.7 Å². The molecule has 2 bridgehead atoms. The highest BCUT2D eigenvalue weighted by Gasteiger charge is 2.60. The molecule has 0 radical (unpaired) electrons. The molecule has 0 unspecified atom stereocenters. The van der Waals surface area contributed by atoms with E-state index in [9.17, 15) is 0 Å². The number of hydrogen-bond acceptors (Lipinski definition) is 0. The minimum atomic E-state index is -0.593. The molecule has 278 valence electrons. The molecule has 0 atom stereocenters. The van der Waals surface area contributed by atoms with E-state index < -0.39 is 10.8 Å². The molecular weight excluding hydrogens is 711 g/mol. The molecule has 1 heteroatoms. The fraction of sp³-hybridized carbons (Fsp3) is 0.0690. The molecule has 0 amide bonds. The van der Waals surface area contributed by atoms with Gasteiger partial charge in [0.2, 0.25) is 0 Å². The van der Waals surface area contributed by atoms with E-state index in [1.54, 1.807) is 0 Å². The largest absolute Gasteiger partial charge is 0.309 e. The molecule has 3 aliphatic carbocycles. The number of hydrogen-bond donors (Lipinski definition) is 0. The number of para-hydroxylation sites is 2. The fourth-order valence-electron chi connectivity index (χ4n) is 10.9. The lowest BCUT2D eigenvalue weighted by Gasteiger charge is -2.57. The van der Waals surface area contributed by atoms with Gasteiger partial charge in [-0.2, -0.15) is 0 Å². The van der Waals surface area contributed by atoms with Crippen molar-refractivity contribution in [1.29, 1.82) is 0 Å². The fourth-order valence-corrected chi connectivity index (χ4v) is 10.9. The van der Waals surface area contributed by atoms with E-state index >= 15 is 0 Å². The van der Waals surface area contributed by atoms with E-state index in [-0.39, 0.29) is 0 Å². The highest BCUT2D eigenvalue weighted by atomic mass is 15.0. The molecule has 0 spiro atoms. The summed E-state index contributed by atoms with van der Waals surface area (Å²) in [5.74, 6) is 0. The normalized spacial score (nSPS) is 17.5. The SMILES string of the molecule is Cc1ccc(-c2ccc3c(c2)C2(c4ccccc4)c4ccccc4C3(c3cccc(-n4c5ccccc5c5ccccc54)c3)c3ccc(-c4ccc(C)cc4)cc32)cc1. The summed E-state index contributed by atoms with van der Waals surface area (Å²) in [4.78, 5) is 0. The Morgan fingerprint density at radius 3 is 1.27 bits per heavy atom. The van der Waals surface area contributed by atoms with Crippen molar-refractivity contribution in [3.8, 4) is 27.9 Å². The predicted molar refractivity (Wildman–Crippen MR) is 245 cm³/mol. The summed E-state index contributed by atoms with van der Waals surface area (Å²) in [6.45, 7) is 4.33. The van der Waals surface area contributed by atoms with E-state index in [4.69, 9.17) is 0 Å². The summed E-state index contributed by atoms with van der Waals surface area (Å²) < 4.78 is 2.46. The molecule has 0 saturated heterocycles. The second-order valence-electron chi connectivity index (χ2n) is 16.6. The molecule has 9 aromatic carbocycles. The Morgan fingerprint density at radius 1 is 0.305 bits per heavy atom. The standard InChI is InChI=1S/C58H41N/c1-38-23-27-40(28-24-38)42-31-33-51-53(35-42)57(44-13-4-3-5-14-44)49-19-8-9-20-50(49)58(51,52-34-32-43(36-54(52)57)41-29-25-39(2)26-30-41)45-15-12-16-46(37-45)59-55-21-10-6-17-47(55)48-18-7-11-22-56(48)59/h3-37H,1-2H3. The first kappa shape index (κ1) is 33.9. The molecule has 1 heterocycles. The summed E-state index contributed by atoms with van der Waals surface area (Å²) in [6, 6.07) is 80.4. The van der Waals surface area contributed by atoms with Crippen molar-refractivity contribution in [2.24, 2.45) is 0 Å². The van der Waals surface area contributed by atoms with Crippen LogP contribution in [0.2, 0.25) is 0 Å². The number of nitrogens with zero attached hydrogens (tertiary/aromatic N) is 1. The highest BCUT2D eigenvalue weighted by Crippen LogP contribution is 2.66. The number of aryl methyl sites for hydroxylation is 2. The van der Waals surface area contributed by atoms with E-state index in [2.05, 4.69) is 231 Å². The van der Waals surface area contributed by atoms with Crippen LogP contribution in [-0.2, 0) is 10.8 Å². The minimum absolute atomic E-state index is 0.559. The van der Waals surface area contributed by atoms with Gasteiger partial charge in [0.05, 0.1) is 21.9 Å². The van der Waals surface area contributed by atoms with E-state index in [0.29, 0.717) is 0 Å². The van der Waals surface area contributed by atoms with Gasteiger partial charge in [0, 0.05) is 16.5 Å². The summed E-state index contributed by atoms with van der Waals surface area (Å²) >= 11 is 0. The second-order valence-corrected chi connectivity index (χ2v) is 16.6. The first-order valence-electron chi connectivity index (χ1n) is 20.8. The third-order valence-electron chi connectivity index (χ3n) is 13.5. The van der Waals surface area contributed by atoms with Crippen molar-refractivity contribution < 1.29 is 0 Å². The zero-order chi connectivity index (χ0) is 39.3. The summed E-state index contributed by atoms with van der Waals surface area (Å²) in [6.07, 6.45) is 0. The monoisotopic (exact) mass is 751 g/mol. The average molecular weight is 752 g/mol. The maximum Gasteiger partial charge on any atom is 0.0712 e. The molecule has 3 aliphatic rings. The quantitative estimate of drug-likeness (QED) is 0.165. The molecule has 0 fully saturated rings. The van der Waals surface area contributed by atoms with Crippen molar-refractivity contribution >= 4 is 21.8 Å². The van der Waals surface area contributed by atoms with E-state index in [0.717, 1.165) is 5.69 Å².